The summed E-state index contributed by atoms with van der Waals surface area (Å²) in [7, 11) is 0. The molecule has 2 heterocycles. The Labute approximate surface area is 237 Å². The Morgan fingerprint density at radius 3 is 2.60 bits per heavy atom. The number of nitrogens with one attached hydrogen (secondary N) is 2. The van der Waals surface area contributed by atoms with Gasteiger partial charge in [0.1, 0.15) is 11.5 Å². The maximum Gasteiger partial charge on any atom is 0.255 e. The second kappa shape index (κ2) is 13.4. The van der Waals surface area contributed by atoms with Crippen molar-refractivity contribution in [3.05, 3.63) is 78.0 Å². The molecule has 0 aliphatic carbocycles. The summed E-state index contributed by atoms with van der Waals surface area (Å²) in [6.07, 6.45) is 2.30. The Morgan fingerprint density at radius 2 is 1.93 bits per heavy atom. The van der Waals surface area contributed by atoms with Gasteiger partial charge in [0.05, 0.1) is 23.8 Å². The predicted octanol–water partition coefficient (Wildman–Crippen LogP) is 4.86. The van der Waals surface area contributed by atoms with Crippen LogP contribution in [0.15, 0.2) is 76.7 Å². The first-order chi connectivity index (χ1) is 19.4. The van der Waals surface area contributed by atoms with E-state index < -0.39 is 5.92 Å². The van der Waals surface area contributed by atoms with E-state index >= 15 is 0 Å². The van der Waals surface area contributed by atoms with Gasteiger partial charge in [0.25, 0.3) is 5.91 Å². The maximum atomic E-state index is 13.4. The van der Waals surface area contributed by atoms with Gasteiger partial charge < -0.3 is 21.5 Å². The number of hydrogen-bond acceptors (Lipinski definition) is 7. The molecule has 2 amide bonds. The summed E-state index contributed by atoms with van der Waals surface area (Å²) >= 11 is 1.45. The Balaban J connectivity index is 1.67. The first-order valence-corrected chi connectivity index (χ1v) is 14.0. The van der Waals surface area contributed by atoms with E-state index in [9.17, 15) is 14.7 Å². The van der Waals surface area contributed by atoms with Crippen LogP contribution in [0, 0.1) is 11.8 Å². The second-order valence-corrected chi connectivity index (χ2v) is 10.8. The van der Waals surface area contributed by atoms with Gasteiger partial charge in [0, 0.05) is 29.1 Å². The van der Waals surface area contributed by atoms with Gasteiger partial charge in [0.2, 0.25) is 5.91 Å². The second-order valence-electron chi connectivity index (χ2n) is 9.74. The molecule has 0 saturated heterocycles. The topological polar surface area (TPSA) is 134 Å². The zero-order chi connectivity index (χ0) is 28.6. The Kier molecular flexibility index (Phi) is 9.70. The normalized spacial score (nSPS) is 11.9. The van der Waals surface area contributed by atoms with Crippen molar-refractivity contribution in [2.24, 2.45) is 22.6 Å². The lowest BCUT2D eigenvalue weighted by atomic mass is 9.97. The van der Waals surface area contributed by atoms with Gasteiger partial charge in [-0.25, -0.2) is 4.98 Å². The molecule has 1 atom stereocenters. The number of imidazole rings is 1. The Hall–Kier alpha value is -3.99. The average Bonchev–Trinajstić information content (AvgIpc) is 3.33. The van der Waals surface area contributed by atoms with Crippen LogP contribution in [0.1, 0.15) is 36.2 Å². The van der Waals surface area contributed by atoms with E-state index in [1.807, 2.05) is 62.4 Å². The molecule has 0 radical (unpaired) electrons. The SMILES string of the molecule is C=Nc1ccc(CNC(=O)c2cccn3c(NC(=O)C(CO)CC(C)C)c(-c4ccccc4)nc23)cc1SCN. The van der Waals surface area contributed by atoms with Crippen LogP contribution in [0.5, 0.6) is 0 Å². The molecule has 0 aliphatic rings. The number of aliphatic hydroxyl groups is 1. The fourth-order valence-electron chi connectivity index (χ4n) is 4.50. The minimum absolute atomic E-state index is 0.239. The zero-order valence-electron chi connectivity index (χ0n) is 22.6. The lowest BCUT2D eigenvalue weighted by molar-refractivity contribution is -0.121. The van der Waals surface area contributed by atoms with Gasteiger partial charge in [-0.1, -0.05) is 50.2 Å². The van der Waals surface area contributed by atoms with Crippen molar-refractivity contribution in [1.82, 2.24) is 14.7 Å². The van der Waals surface area contributed by atoms with Crippen LogP contribution in [0.2, 0.25) is 0 Å². The third-order valence-corrected chi connectivity index (χ3v) is 7.22. The lowest BCUT2D eigenvalue weighted by Crippen LogP contribution is -2.28. The Morgan fingerprint density at radius 1 is 1.15 bits per heavy atom. The molecule has 40 heavy (non-hydrogen) atoms. The smallest absolute Gasteiger partial charge is 0.255 e. The number of benzene rings is 2. The summed E-state index contributed by atoms with van der Waals surface area (Å²) in [6, 6.07) is 18.6. The summed E-state index contributed by atoms with van der Waals surface area (Å²) < 4.78 is 1.71. The molecule has 0 spiro atoms. The van der Waals surface area contributed by atoms with Gasteiger partial charge in [-0.2, -0.15) is 0 Å². The van der Waals surface area contributed by atoms with Crippen LogP contribution >= 0.6 is 11.8 Å². The number of rotatable bonds is 12. The number of aliphatic hydroxyl groups excluding tert-OH is 1. The largest absolute Gasteiger partial charge is 0.396 e. The molecular formula is C30H34N6O3S. The number of carbonyl (C=O) groups excluding carboxylic acids is 2. The van der Waals surface area contributed by atoms with Crippen molar-refractivity contribution in [3.8, 4) is 11.3 Å². The van der Waals surface area contributed by atoms with Crippen LogP contribution in [0.25, 0.3) is 16.9 Å². The Bertz CT molecular complexity index is 1500. The van der Waals surface area contributed by atoms with Crippen LogP contribution in [0.3, 0.4) is 0 Å². The molecule has 0 bridgehead atoms. The molecule has 208 valence electrons. The molecule has 0 saturated carbocycles. The summed E-state index contributed by atoms with van der Waals surface area (Å²) in [6.45, 7) is 7.64. The lowest BCUT2D eigenvalue weighted by Gasteiger charge is -2.17. The van der Waals surface area contributed by atoms with Gasteiger partial charge in [-0.05, 0) is 48.9 Å². The third kappa shape index (κ3) is 6.59. The van der Waals surface area contributed by atoms with Crippen LogP contribution in [-0.2, 0) is 11.3 Å². The van der Waals surface area contributed by atoms with Crippen molar-refractivity contribution in [2.45, 2.75) is 31.7 Å². The molecule has 5 N–H and O–H groups in total. The fraction of sp³-hybridized carbons (Fsp3) is 0.267. The number of fused-ring (bicyclic) bond motifs is 1. The molecule has 2 aromatic heterocycles. The van der Waals surface area contributed by atoms with E-state index in [1.165, 1.54) is 11.8 Å². The van der Waals surface area contributed by atoms with Crippen molar-refractivity contribution in [2.75, 3.05) is 17.8 Å². The predicted molar refractivity (Wildman–Crippen MR) is 161 cm³/mol. The maximum absolute atomic E-state index is 13.4. The highest BCUT2D eigenvalue weighted by Crippen LogP contribution is 2.31. The van der Waals surface area contributed by atoms with Crippen molar-refractivity contribution < 1.29 is 14.7 Å². The minimum atomic E-state index is -0.564. The molecule has 0 aliphatic heterocycles. The number of amides is 2. The van der Waals surface area contributed by atoms with Crippen LogP contribution < -0.4 is 16.4 Å². The summed E-state index contributed by atoms with van der Waals surface area (Å²) in [5, 5.41) is 15.8. The number of thioether (sulfide) groups is 1. The summed E-state index contributed by atoms with van der Waals surface area (Å²) in [5.41, 5.74) is 9.43. The van der Waals surface area contributed by atoms with E-state index in [2.05, 4.69) is 22.3 Å². The highest BCUT2D eigenvalue weighted by molar-refractivity contribution is 7.99. The number of nitrogens with zero attached hydrogens (tertiary/aromatic N) is 3. The quantitative estimate of drug-likeness (QED) is 0.111. The van der Waals surface area contributed by atoms with E-state index in [-0.39, 0.29) is 24.3 Å². The first-order valence-electron chi connectivity index (χ1n) is 13.0. The highest BCUT2D eigenvalue weighted by Gasteiger charge is 2.24. The van der Waals surface area contributed by atoms with Crippen molar-refractivity contribution in [3.63, 3.8) is 0 Å². The first kappa shape index (κ1) is 29.0. The molecule has 4 aromatic rings. The number of carbonyl (C=O) groups is 2. The summed E-state index contributed by atoms with van der Waals surface area (Å²) in [5.74, 6) is -0.0825. The molecule has 2 aromatic carbocycles. The third-order valence-electron chi connectivity index (χ3n) is 6.42. The van der Waals surface area contributed by atoms with Crippen molar-refractivity contribution in [1.29, 1.82) is 0 Å². The van der Waals surface area contributed by atoms with Crippen LogP contribution in [-0.4, -0.2) is 45.5 Å². The minimum Gasteiger partial charge on any atom is -0.396 e. The number of pyridine rings is 1. The molecule has 4 rings (SSSR count). The number of hydrogen-bond donors (Lipinski definition) is 4. The van der Waals surface area contributed by atoms with Crippen LogP contribution in [0.4, 0.5) is 11.5 Å². The molecule has 9 nitrogen and oxygen atoms in total. The molecule has 1 unspecified atom stereocenters. The molecule has 10 heteroatoms. The number of anilines is 1. The molecule has 0 fully saturated rings. The standard InChI is InChI=1S/C30H34N6O3S/c1-19(2)14-22(17-37)29(38)35-28-26(21-8-5-4-6-9-21)34-27-23(10-7-13-36(27)28)30(39)33-16-20-11-12-24(32-3)25(15-20)40-18-31/h4-13,15,19,22,37H,3,14,16-18,31H2,1-2H3,(H,33,39)(H,35,38). The monoisotopic (exact) mass is 558 g/mol. The van der Waals surface area contributed by atoms with E-state index in [1.54, 1.807) is 22.7 Å². The van der Waals surface area contributed by atoms with E-state index in [4.69, 9.17) is 10.7 Å². The van der Waals surface area contributed by atoms with E-state index in [0.717, 1.165) is 21.7 Å². The number of aromatic nitrogens is 2. The van der Waals surface area contributed by atoms with Gasteiger partial charge in [0.15, 0.2) is 5.65 Å². The fourth-order valence-corrected chi connectivity index (χ4v) is 5.19. The van der Waals surface area contributed by atoms with Crippen molar-refractivity contribution >= 4 is 47.4 Å². The number of nitrogens with two attached hydrogens (primary N) is 1. The van der Waals surface area contributed by atoms with Gasteiger partial charge in [-0.15, -0.1) is 11.8 Å². The van der Waals surface area contributed by atoms with Gasteiger partial charge >= 0.3 is 0 Å². The highest BCUT2D eigenvalue weighted by atomic mass is 32.2. The summed E-state index contributed by atoms with van der Waals surface area (Å²) in [4.78, 5) is 36.3. The van der Waals surface area contributed by atoms with E-state index in [0.29, 0.717) is 41.6 Å². The molecular weight excluding hydrogens is 524 g/mol. The zero-order valence-corrected chi connectivity index (χ0v) is 23.4. The average molecular weight is 559 g/mol. The van der Waals surface area contributed by atoms with Gasteiger partial charge in [-0.3, -0.25) is 19.0 Å². The number of aliphatic imine (C=N–C) groups is 1.